The number of nitrogens with zero attached hydrogens (tertiary/aromatic N) is 5. The predicted octanol–water partition coefficient (Wildman–Crippen LogP) is 4.68. The maximum Gasteiger partial charge on any atom is 0.388 e. The lowest BCUT2D eigenvalue weighted by Gasteiger charge is -2.22. The monoisotopic (exact) mass is 549 g/mol. The fourth-order valence-electron chi connectivity index (χ4n) is 4.71. The summed E-state index contributed by atoms with van der Waals surface area (Å²) in [6, 6.07) is 3.36. The molecule has 0 aromatic carbocycles. The molecule has 1 amide bonds. The van der Waals surface area contributed by atoms with Crippen molar-refractivity contribution in [1.29, 1.82) is 0 Å². The highest BCUT2D eigenvalue weighted by Gasteiger charge is 2.33. The topological polar surface area (TPSA) is 112 Å². The molecule has 5 heterocycles. The van der Waals surface area contributed by atoms with Crippen LogP contribution in [0, 0.1) is 5.92 Å². The van der Waals surface area contributed by atoms with E-state index >= 15 is 0 Å². The molecule has 2 aliphatic rings. The number of nitrogens with one attached hydrogen (secondary N) is 2. The van der Waals surface area contributed by atoms with E-state index in [2.05, 4.69) is 30.2 Å². The van der Waals surface area contributed by atoms with E-state index in [9.17, 15) is 22.4 Å². The Morgan fingerprint density at radius 2 is 2.00 bits per heavy atom. The van der Waals surface area contributed by atoms with Crippen LogP contribution in [0.5, 0.6) is 11.8 Å². The van der Waals surface area contributed by atoms with Crippen LogP contribution in [0.25, 0.3) is 33.4 Å². The quantitative estimate of drug-likeness (QED) is 0.338. The first-order valence-corrected chi connectivity index (χ1v) is 12.5. The van der Waals surface area contributed by atoms with Gasteiger partial charge >= 0.3 is 6.61 Å². The van der Waals surface area contributed by atoms with E-state index in [1.54, 1.807) is 26.2 Å². The Hall–Kier alpha value is -4.10. The van der Waals surface area contributed by atoms with Gasteiger partial charge in [0.25, 0.3) is 6.43 Å². The van der Waals surface area contributed by atoms with Crippen molar-refractivity contribution < 1.29 is 31.8 Å². The molecule has 0 spiro atoms. The normalized spacial score (nSPS) is 15.0. The molecule has 4 aromatic rings. The maximum atomic E-state index is 13.9. The number of carbonyl (C=O) groups excluding carboxylic acids is 1. The maximum absolute atomic E-state index is 13.9. The highest BCUT2D eigenvalue weighted by atomic mass is 19.3. The standard InChI is InChI=1S/C19H16F4N6O2.C6H11NO/c1-28-8-10(17(27-28)31-19(22)23)11-9-4-2-5-24-16(9)25-13(11)12-14(15(20)21)26-29-6-3-7-30-18(12)29;1-7-6(8)5-3-2-4-5/h2,4-5,8,15,19H,3,6-7H2,1H3,(H,24,25);5H,2-4H2,1H3,(H,7,8). The van der Waals surface area contributed by atoms with E-state index in [0.29, 0.717) is 42.1 Å². The van der Waals surface area contributed by atoms with Crippen LogP contribution < -0.4 is 14.8 Å². The van der Waals surface area contributed by atoms with Gasteiger partial charge in [-0.2, -0.15) is 13.9 Å². The Morgan fingerprint density at radius 3 is 2.64 bits per heavy atom. The van der Waals surface area contributed by atoms with Crippen molar-refractivity contribution in [2.75, 3.05) is 13.7 Å². The SMILES string of the molecule is CNC(=O)C1CCC1.Cn1cc(-c2c(-c3c(C(F)F)nn4c3OCCC4)[nH]c3ncccc23)c(OC(F)F)n1. The average molecular weight is 550 g/mol. The van der Waals surface area contributed by atoms with Gasteiger partial charge in [-0.1, -0.05) is 6.42 Å². The Labute approximate surface area is 220 Å². The molecule has 39 heavy (non-hydrogen) atoms. The molecule has 1 aliphatic carbocycles. The van der Waals surface area contributed by atoms with Crippen LogP contribution in [0.15, 0.2) is 24.5 Å². The van der Waals surface area contributed by atoms with Crippen LogP contribution >= 0.6 is 0 Å². The second kappa shape index (κ2) is 10.9. The zero-order valence-corrected chi connectivity index (χ0v) is 21.3. The largest absolute Gasteiger partial charge is 0.477 e. The van der Waals surface area contributed by atoms with Gasteiger partial charge in [0.2, 0.25) is 17.7 Å². The van der Waals surface area contributed by atoms with E-state index in [0.717, 1.165) is 12.8 Å². The zero-order chi connectivity index (χ0) is 27.7. The summed E-state index contributed by atoms with van der Waals surface area (Å²) < 4.78 is 66.9. The molecule has 208 valence electrons. The van der Waals surface area contributed by atoms with Gasteiger partial charge in [-0.05, 0) is 25.0 Å². The number of aromatic amines is 1. The summed E-state index contributed by atoms with van der Waals surface area (Å²) in [4.78, 5) is 18.0. The minimum atomic E-state index is -3.11. The highest BCUT2D eigenvalue weighted by Crippen LogP contribution is 2.47. The number of aryl methyl sites for hydroxylation is 2. The van der Waals surface area contributed by atoms with E-state index in [-0.39, 0.29) is 34.5 Å². The first-order chi connectivity index (χ1) is 18.8. The molecule has 1 saturated carbocycles. The summed E-state index contributed by atoms with van der Waals surface area (Å²) in [5, 5.41) is 11.2. The number of carbonyl (C=O) groups is 1. The lowest BCUT2D eigenvalue weighted by molar-refractivity contribution is -0.126. The summed E-state index contributed by atoms with van der Waals surface area (Å²) >= 11 is 0. The van der Waals surface area contributed by atoms with Crippen LogP contribution in [-0.4, -0.2) is 55.7 Å². The predicted molar refractivity (Wildman–Crippen MR) is 133 cm³/mol. The van der Waals surface area contributed by atoms with Gasteiger partial charge in [-0.3, -0.25) is 9.48 Å². The van der Waals surface area contributed by atoms with Crippen LogP contribution in [0.4, 0.5) is 17.6 Å². The van der Waals surface area contributed by atoms with Crippen molar-refractivity contribution in [3.63, 3.8) is 0 Å². The number of fused-ring (bicyclic) bond motifs is 2. The van der Waals surface area contributed by atoms with Crippen molar-refractivity contribution in [3.8, 4) is 34.1 Å². The number of amides is 1. The molecule has 0 bridgehead atoms. The number of pyridine rings is 1. The number of hydrogen-bond donors (Lipinski definition) is 2. The number of halogens is 4. The molecule has 2 N–H and O–H groups in total. The van der Waals surface area contributed by atoms with Gasteiger partial charge < -0.3 is 19.8 Å². The highest BCUT2D eigenvalue weighted by molar-refractivity contribution is 6.04. The second-order valence-corrected chi connectivity index (χ2v) is 9.21. The van der Waals surface area contributed by atoms with Crippen molar-refractivity contribution in [3.05, 3.63) is 30.2 Å². The van der Waals surface area contributed by atoms with E-state index < -0.39 is 18.7 Å². The van der Waals surface area contributed by atoms with Gasteiger partial charge in [-0.15, -0.1) is 5.10 Å². The fraction of sp³-hybridized carbons (Fsp3) is 0.440. The van der Waals surface area contributed by atoms with Gasteiger partial charge in [-0.25, -0.2) is 18.4 Å². The van der Waals surface area contributed by atoms with Crippen LogP contribution in [0.2, 0.25) is 0 Å². The lowest BCUT2D eigenvalue weighted by atomic mass is 9.85. The Bertz CT molecular complexity index is 1480. The summed E-state index contributed by atoms with van der Waals surface area (Å²) in [5.74, 6) is 0.426. The van der Waals surface area contributed by atoms with E-state index in [1.807, 2.05) is 0 Å². The molecule has 0 saturated heterocycles. The van der Waals surface area contributed by atoms with Gasteiger partial charge in [0, 0.05) is 56.3 Å². The van der Waals surface area contributed by atoms with Crippen molar-refractivity contribution >= 4 is 16.9 Å². The lowest BCUT2D eigenvalue weighted by Crippen LogP contribution is -2.31. The number of aromatic nitrogens is 6. The first-order valence-electron chi connectivity index (χ1n) is 12.5. The van der Waals surface area contributed by atoms with Crippen LogP contribution in [0.1, 0.15) is 37.8 Å². The number of hydrogen-bond acceptors (Lipinski definition) is 6. The second-order valence-electron chi connectivity index (χ2n) is 9.21. The van der Waals surface area contributed by atoms with Crippen LogP contribution in [-0.2, 0) is 18.4 Å². The molecule has 0 atom stereocenters. The fourth-order valence-corrected chi connectivity index (χ4v) is 4.71. The minimum Gasteiger partial charge on any atom is -0.477 e. The number of rotatable bonds is 6. The molecular formula is C25H27F4N7O3. The third kappa shape index (κ3) is 5.14. The molecule has 6 rings (SSSR count). The summed E-state index contributed by atoms with van der Waals surface area (Å²) in [6.07, 6.45) is 4.19. The van der Waals surface area contributed by atoms with E-state index in [4.69, 9.17) is 4.74 Å². The first kappa shape index (κ1) is 26.5. The summed E-state index contributed by atoms with van der Waals surface area (Å²) in [7, 11) is 3.24. The number of H-pyrrole nitrogens is 1. The molecule has 1 aliphatic heterocycles. The average Bonchev–Trinajstić information content (AvgIpc) is 3.55. The minimum absolute atomic E-state index is 0.0644. The Morgan fingerprint density at radius 1 is 1.21 bits per heavy atom. The molecule has 4 aromatic heterocycles. The molecule has 1 fully saturated rings. The third-order valence-electron chi connectivity index (χ3n) is 6.70. The smallest absolute Gasteiger partial charge is 0.388 e. The van der Waals surface area contributed by atoms with Gasteiger partial charge in [0.15, 0.2) is 0 Å². The van der Waals surface area contributed by atoms with Crippen LogP contribution in [0.3, 0.4) is 0 Å². The third-order valence-corrected chi connectivity index (χ3v) is 6.70. The molecule has 0 unspecified atom stereocenters. The Kier molecular flexibility index (Phi) is 7.44. The van der Waals surface area contributed by atoms with E-state index in [1.165, 1.54) is 28.2 Å². The Balaban J connectivity index is 0.000000332. The number of ether oxygens (including phenoxy) is 2. The van der Waals surface area contributed by atoms with Crippen molar-refractivity contribution in [1.82, 2.24) is 34.8 Å². The summed E-state index contributed by atoms with van der Waals surface area (Å²) in [5.41, 5.74) is 0.751. The molecule has 0 radical (unpaired) electrons. The summed E-state index contributed by atoms with van der Waals surface area (Å²) in [6.45, 7) is -2.33. The molecule has 10 nitrogen and oxygen atoms in total. The molecular weight excluding hydrogens is 522 g/mol. The van der Waals surface area contributed by atoms with Crippen molar-refractivity contribution in [2.45, 2.75) is 45.3 Å². The van der Waals surface area contributed by atoms with Gasteiger partial charge in [0.1, 0.15) is 11.3 Å². The molecule has 14 heteroatoms. The number of alkyl halides is 4. The zero-order valence-electron chi connectivity index (χ0n) is 21.3. The van der Waals surface area contributed by atoms with Gasteiger partial charge in [0.05, 0.1) is 23.4 Å². The van der Waals surface area contributed by atoms with Crippen molar-refractivity contribution in [2.24, 2.45) is 13.0 Å².